The second-order valence-corrected chi connectivity index (χ2v) is 4.99. The van der Waals surface area contributed by atoms with Gasteiger partial charge >= 0.3 is 5.97 Å². The summed E-state index contributed by atoms with van der Waals surface area (Å²) in [4.78, 5) is 24.9. The van der Waals surface area contributed by atoms with E-state index in [9.17, 15) is 14.7 Å². The molecule has 1 unspecified atom stereocenters. The summed E-state index contributed by atoms with van der Waals surface area (Å²) in [5.41, 5.74) is -0.804. The maximum absolute atomic E-state index is 11.9. The second kappa shape index (κ2) is 5.87. The lowest BCUT2D eigenvalue weighted by molar-refractivity contribution is -0.151. The van der Waals surface area contributed by atoms with Gasteiger partial charge in [-0.1, -0.05) is 19.8 Å². The van der Waals surface area contributed by atoms with E-state index in [1.807, 2.05) is 13.8 Å². The quantitative estimate of drug-likeness (QED) is 0.540. The number of carboxylic acid groups (broad SMARTS) is 1. The SMILES string of the molecule is C#CCNCC(=O)N1CCC(C(=O)O)(C(C)C)C1. The lowest BCUT2D eigenvalue weighted by atomic mass is 9.76. The highest BCUT2D eigenvalue weighted by molar-refractivity contribution is 5.82. The van der Waals surface area contributed by atoms with Crippen LogP contribution in [0.2, 0.25) is 0 Å². The van der Waals surface area contributed by atoms with Crippen LogP contribution in [0.5, 0.6) is 0 Å². The van der Waals surface area contributed by atoms with Gasteiger partial charge in [-0.05, 0) is 12.3 Å². The fourth-order valence-corrected chi connectivity index (χ4v) is 2.29. The minimum atomic E-state index is -0.815. The van der Waals surface area contributed by atoms with Crippen LogP contribution in [0.3, 0.4) is 0 Å². The molecule has 1 aliphatic rings. The number of likely N-dealkylation sites (tertiary alicyclic amines) is 1. The summed E-state index contributed by atoms with van der Waals surface area (Å²) in [6, 6.07) is 0. The standard InChI is InChI=1S/C13H20N2O3/c1-4-6-14-8-11(16)15-7-5-13(9-15,10(2)3)12(17)18/h1,10,14H,5-9H2,2-3H3,(H,17,18). The molecule has 5 nitrogen and oxygen atoms in total. The monoisotopic (exact) mass is 252 g/mol. The molecule has 1 rings (SSSR count). The first-order valence-corrected chi connectivity index (χ1v) is 6.09. The van der Waals surface area contributed by atoms with Crippen LogP contribution in [0, 0.1) is 23.7 Å². The highest BCUT2D eigenvalue weighted by Gasteiger charge is 2.48. The Bertz CT molecular complexity index is 373. The van der Waals surface area contributed by atoms with Crippen molar-refractivity contribution in [3.8, 4) is 12.3 Å². The van der Waals surface area contributed by atoms with Crippen LogP contribution in [0.25, 0.3) is 0 Å². The predicted octanol–water partition coefficient (Wildman–Crippen LogP) is 0.169. The summed E-state index contributed by atoms with van der Waals surface area (Å²) in [5.74, 6) is 1.49. The van der Waals surface area contributed by atoms with E-state index in [2.05, 4.69) is 11.2 Å². The maximum Gasteiger partial charge on any atom is 0.311 e. The van der Waals surface area contributed by atoms with Gasteiger partial charge in [0.05, 0.1) is 18.5 Å². The Morgan fingerprint density at radius 1 is 1.56 bits per heavy atom. The van der Waals surface area contributed by atoms with Gasteiger partial charge in [0, 0.05) is 13.1 Å². The molecular formula is C13H20N2O3. The van der Waals surface area contributed by atoms with Crippen LogP contribution in [-0.2, 0) is 9.59 Å². The zero-order valence-electron chi connectivity index (χ0n) is 10.9. The molecule has 18 heavy (non-hydrogen) atoms. The van der Waals surface area contributed by atoms with Crippen molar-refractivity contribution in [1.29, 1.82) is 0 Å². The molecule has 0 spiro atoms. The molecule has 0 saturated carbocycles. The summed E-state index contributed by atoms with van der Waals surface area (Å²) in [7, 11) is 0. The van der Waals surface area contributed by atoms with E-state index in [1.54, 1.807) is 4.90 Å². The molecule has 1 atom stereocenters. The lowest BCUT2D eigenvalue weighted by Gasteiger charge is -2.28. The van der Waals surface area contributed by atoms with Crippen molar-refractivity contribution in [2.24, 2.45) is 11.3 Å². The molecule has 0 aromatic heterocycles. The summed E-state index contributed by atoms with van der Waals surface area (Å²) in [5, 5.41) is 12.2. The van der Waals surface area contributed by atoms with Gasteiger partial charge in [0.25, 0.3) is 0 Å². The molecular weight excluding hydrogens is 232 g/mol. The van der Waals surface area contributed by atoms with Crippen molar-refractivity contribution < 1.29 is 14.7 Å². The van der Waals surface area contributed by atoms with Crippen molar-refractivity contribution in [2.75, 3.05) is 26.2 Å². The molecule has 1 fully saturated rings. The smallest absolute Gasteiger partial charge is 0.311 e. The van der Waals surface area contributed by atoms with Crippen molar-refractivity contribution >= 4 is 11.9 Å². The molecule has 1 amide bonds. The number of rotatable bonds is 5. The van der Waals surface area contributed by atoms with Crippen LogP contribution in [0.15, 0.2) is 0 Å². The Morgan fingerprint density at radius 3 is 2.67 bits per heavy atom. The van der Waals surface area contributed by atoms with Crippen molar-refractivity contribution in [1.82, 2.24) is 10.2 Å². The van der Waals surface area contributed by atoms with Gasteiger partial charge in [-0.25, -0.2) is 0 Å². The molecule has 1 heterocycles. The largest absolute Gasteiger partial charge is 0.481 e. The predicted molar refractivity (Wildman–Crippen MR) is 67.8 cm³/mol. The van der Waals surface area contributed by atoms with Crippen LogP contribution in [0.1, 0.15) is 20.3 Å². The fourth-order valence-electron chi connectivity index (χ4n) is 2.29. The summed E-state index contributed by atoms with van der Waals surface area (Å²) < 4.78 is 0. The van der Waals surface area contributed by atoms with E-state index in [-0.39, 0.29) is 24.9 Å². The zero-order chi connectivity index (χ0) is 13.8. The number of terminal acetylenes is 1. The lowest BCUT2D eigenvalue weighted by Crippen LogP contribution is -2.42. The topological polar surface area (TPSA) is 69.6 Å². The van der Waals surface area contributed by atoms with Gasteiger partial charge in [0.2, 0.25) is 5.91 Å². The summed E-state index contributed by atoms with van der Waals surface area (Å²) in [6.07, 6.45) is 5.59. The van der Waals surface area contributed by atoms with Crippen LogP contribution < -0.4 is 5.32 Å². The van der Waals surface area contributed by atoms with Gasteiger partial charge in [-0.15, -0.1) is 6.42 Å². The number of hydrogen-bond acceptors (Lipinski definition) is 3. The normalized spacial score (nSPS) is 23.1. The highest BCUT2D eigenvalue weighted by atomic mass is 16.4. The number of amides is 1. The number of aliphatic carboxylic acids is 1. The van der Waals surface area contributed by atoms with E-state index >= 15 is 0 Å². The first-order valence-electron chi connectivity index (χ1n) is 6.09. The van der Waals surface area contributed by atoms with E-state index in [1.165, 1.54) is 0 Å². The van der Waals surface area contributed by atoms with Gasteiger partial charge < -0.3 is 10.0 Å². The van der Waals surface area contributed by atoms with Crippen molar-refractivity contribution in [2.45, 2.75) is 20.3 Å². The molecule has 0 aliphatic carbocycles. The van der Waals surface area contributed by atoms with E-state index in [0.29, 0.717) is 19.5 Å². The Morgan fingerprint density at radius 2 is 2.22 bits per heavy atom. The molecule has 1 saturated heterocycles. The van der Waals surface area contributed by atoms with Gasteiger partial charge in [0.15, 0.2) is 0 Å². The first kappa shape index (κ1) is 14.5. The minimum absolute atomic E-state index is 0.00599. The maximum atomic E-state index is 11.9. The minimum Gasteiger partial charge on any atom is -0.481 e. The summed E-state index contributed by atoms with van der Waals surface area (Å²) >= 11 is 0. The molecule has 100 valence electrons. The average molecular weight is 252 g/mol. The molecule has 0 aromatic carbocycles. The Labute approximate surface area is 108 Å². The van der Waals surface area contributed by atoms with E-state index in [0.717, 1.165) is 0 Å². The molecule has 0 radical (unpaired) electrons. The Kier molecular flexibility index (Phi) is 4.74. The molecule has 2 N–H and O–H groups in total. The number of nitrogens with zero attached hydrogens (tertiary/aromatic N) is 1. The summed E-state index contributed by atoms with van der Waals surface area (Å²) in [6.45, 7) is 5.07. The number of carbonyl (C=O) groups excluding carboxylic acids is 1. The van der Waals surface area contributed by atoms with E-state index < -0.39 is 11.4 Å². The Hall–Kier alpha value is -1.54. The molecule has 5 heteroatoms. The van der Waals surface area contributed by atoms with Gasteiger partial charge in [-0.2, -0.15) is 0 Å². The van der Waals surface area contributed by atoms with Gasteiger partial charge in [-0.3, -0.25) is 14.9 Å². The molecule has 0 bridgehead atoms. The van der Waals surface area contributed by atoms with Crippen molar-refractivity contribution in [3.63, 3.8) is 0 Å². The van der Waals surface area contributed by atoms with Crippen molar-refractivity contribution in [3.05, 3.63) is 0 Å². The highest BCUT2D eigenvalue weighted by Crippen LogP contribution is 2.38. The van der Waals surface area contributed by atoms with Crippen LogP contribution >= 0.6 is 0 Å². The average Bonchev–Trinajstić information content (AvgIpc) is 2.75. The number of carboxylic acids is 1. The zero-order valence-corrected chi connectivity index (χ0v) is 10.9. The molecule has 1 aliphatic heterocycles. The number of carbonyl (C=O) groups is 2. The first-order chi connectivity index (χ1) is 8.44. The van der Waals surface area contributed by atoms with E-state index in [4.69, 9.17) is 6.42 Å². The number of nitrogens with one attached hydrogen (secondary N) is 1. The van der Waals surface area contributed by atoms with Gasteiger partial charge in [0.1, 0.15) is 0 Å². The number of hydrogen-bond donors (Lipinski definition) is 2. The van der Waals surface area contributed by atoms with Crippen LogP contribution in [-0.4, -0.2) is 48.1 Å². The third kappa shape index (κ3) is 2.82. The molecule has 0 aromatic rings. The third-order valence-electron chi connectivity index (χ3n) is 3.69. The third-order valence-corrected chi connectivity index (χ3v) is 3.69. The van der Waals surface area contributed by atoms with Crippen LogP contribution in [0.4, 0.5) is 0 Å². The fraction of sp³-hybridized carbons (Fsp3) is 0.692. The Balaban J connectivity index is 2.62. The second-order valence-electron chi connectivity index (χ2n) is 4.99.